The molecule has 0 aliphatic carbocycles. The molecule has 166 valence electrons. The van der Waals surface area contributed by atoms with Gasteiger partial charge in [-0.15, -0.1) is 11.8 Å². The minimum atomic E-state index is -0.260. The fourth-order valence-corrected chi connectivity index (χ4v) is 4.46. The van der Waals surface area contributed by atoms with Gasteiger partial charge in [0, 0.05) is 21.8 Å². The SMILES string of the molecule is Cc1ccc(NC(=O)C(C)Sc2ccc(NC(=O)c3ccc4ccccc4c3)cc2)c(C)c1. The zero-order valence-electron chi connectivity index (χ0n) is 18.9. The summed E-state index contributed by atoms with van der Waals surface area (Å²) in [5.41, 5.74) is 4.38. The van der Waals surface area contributed by atoms with Crippen LogP contribution in [0.2, 0.25) is 0 Å². The summed E-state index contributed by atoms with van der Waals surface area (Å²) in [7, 11) is 0. The van der Waals surface area contributed by atoms with E-state index in [9.17, 15) is 9.59 Å². The van der Waals surface area contributed by atoms with Crippen molar-refractivity contribution in [1.82, 2.24) is 0 Å². The average Bonchev–Trinajstić information content (AvgIpc) is 2.81. The lowest BCUT2D eigenvalue weighted by Crippen LogP contribution is -2.22. The molecule has 0 radical (unpaired) electrons. The van der Waals surface area contributed by atoms with Crippen LogP contribution < -0.4 is 10.6 Å². The van der Waals surface area contributed by atoms with Crippen LogP contribution in [0.15, 0.2) is 89.8 Å². The van der Waals surface area contributed by atoms with Crippen LogP contribution in [0.1, 0.15) is 28.4 Å². The second kappa shape index (κ2) is 9.92. The van der Waals surface area contributed by atoms with Gasteiger partial charge in [-0.25, -0.2) is 0 Å². The van der Waals surface area contributed by atoms with E-state index in [1.165, 1.54) is 17.3 Å². The normalized spacial score (nSPS) is 11.7. The first kappa shape index (κ1) is 22.6. The maximum absolute atomic E-state index is 12.7. The molecule has 1 unspecified atom stereocenters. The van der Waals surface area contributed by atoms with Gasteiger partial charge in [-0.05, 0) is 79.6 Å². The number of anilines is 2. The highest BCUT2D eigenvalue weighted by molar-refractivity contribution is 8.00. The molecule has 2 N–H and O–H groups in total. The zero-order valence-corrected chi connectivity index (χ0v) is 19.7. The van der Waals surface area contributed by atoms with Crippen molar-refractivity contribution in [1.29, 1.82) is 0 Å². The van der Waals surface area contributed by atoms with Gasteiger partial charge >= 0.3 is 0 Å². The van der Waals surface area contributed by atoms with Crippen LogP contribution in [0, 0.1) is 13.8 Å². The number of hydrogen-bond donors (Lipinski definition) is 2. The Labute approximate surface area is 198 Å². The van der Waals surface area contributed by atoms with E-state index in [2.05, 4.69) is 16.7 Å². The Morgan fingerprint density at radius 3 is 2.24 bits per heavy atom. The van der Waals surface area contributed by atoms with Crippen LogP contribution >= 0.6 is 11.8 Å². The van der Waals surface area contributed by atoms with E-state index in [4.69, 9.17) is 0 Å². The topological polar surface area (TPSA) is 58.2 Å². The van der Waals surface area contributed by atoms with E-state index in [1.807, 2.05) is 99.6 Å². The van der Waals surface area contributed by atoms with Crippen molar-refractivity contribution in [3.63, 3.8) is 0 Å². The lowest BCUT2D eigenvalue weighted by Gasteiger charge is -2.14. The highest BCUT2D eigenvalue weighted by Crippen LogP contribution is 2.27. The lowest BCUT2D eigenvalue weighted by molar-refractivity contribution is -0.115. The molecule has 0 aliphatic rings. The number of carbonyl (C=O) groups is 2. The van der Waals surface area contributed by atoms with Crippen molar-refractivity contribution in [2.75, 3.05) is 10.6 Å². The third-order valence-corrected chi connectivity index (χ3v) is 6.56. The number of carbonyl (C=O) groups excluding carboxylic acids is 2. The van der Waals surface area contributed by atoms with E-state index in [1.54, 1.807) is 0 Å². The highest BCUT2D eigenvalue weighted by atomic mass is 32.2. The van der Waals surface area contributed by atoms with Gasteiger partial charge in [0.15, 0.2) is 0 Å². The summed E-state index contributed by atoms with van der Waals surface area (Å²) in [6.07, 6.45) is 0. The van der Waals surface area contributed by atoms with Crippen LogP contribution in [0.4, 0.5) is 11.4 Å². The van der Waals surface area contributed by atoms with Gasteiger partial charge in [0.1, 0.15) is 0 Å². The fourth-order valence-electron chi connectivity index (χ4n) is 3.60. The molecule has 4 nitrogen and oxygen atoms in total. The van der Waals surface area contributed by atoms with Crippen molar-refractivity contribution in [3.8, 4) is 0 Å². The van der Waals surface area contributed by atoms with Gasteiger partial charge in [0.05, 0.1) is 5.25 Å². The molecular weight excluding hydrogens is 428 g/mol. The molecule has 4 aromatic carbocycles. The Balaban J connectivity index is 1.36. The number of benzene rings is 4. The summed E-state index contributed by atoms with van der Waals surface area (Å²) in [6, 6.07) is 27.2. The van der Waals surface area contributed by atoms with E-state index in [0.29, 0.717) is 11.3 Å². The number of hydrogen-bond acceptors (Lipinski definition) is 3. The van der Waals surface area contributed by atoms with E-state index >= 15 is 0 Å². The summed E-state index contributed by atoms with van der Waals surface area (Å²) in [4.78, 5) is 26.3. The Morgan fingerprint density at radius 2 is 1.52 bits per heavy atom. The number of aryl methyl sites for hydroxylation is 2. The number of nitrogens with one attached hydrogen (secondary N) is 2. The maximum Gasteiger partial charge on any atom is 0.255 e. The number of amides is 2. The molecule has 0 saturated carbocycles. The predicted octanol–water partition coefficient (Wildman–Crippen LogP) is 6.83. The average molecular weight is 455 g/mol. The standard InChI is InChI=1S/C28H26N2O2S/c1-18-8-15-26(19(2)16-18)30-27(31)20(3)33-25-13-11-24(12-14-25)29-28(32)23-10-9-21-6-4-5-7-22(21)17-23/h4-17,20H,1-3H3,(H,29,32)(H,30,31). The van der Waals surface area contributed by atoms with Gasteiger partial charge in [-0.1, -0.05) is 48.0 Å². The fraction of sp³-hybridized carbons (Fsp3) is 0.143. The number of fused-ring (bicyclic) bond motifs is 1. The van der Waals surface area contributed by atoms with Crippen molar-refractivity contribution in [3.05, 3.63) is 102 Å². The van der Waals surface area contributed by atoms with E-state index in [0.717, 1.165) is 26.9 Å². The Hall–Kier alpha value is -3.57. The summed E-state index contributed by atoms with van der Waals surface area (Å²) < 4.78 is 0. The lowest BCUT2D eigenvalue weighted by atomic mass is 10.1. The number of rotatable bonds is 6. The van der Waals surface area contributed by atoms with Crippen molar-refractivity contribution < 1.29 is 9.59 Å². The first-order chi connectivity index (χ1) is 15.9. The molecule has 0 heterocycles. The third-order valence-electron chi connectivity index (χ3n) is 5.45. The predicted molar refractivity (Wildman–Crippen MR) is 138 cm³/mol. The Morgan fingerprint density at radius 1 is 0.788 bits per heavy atom. The Bertz CT molecular complexity index is 1320. The molecule has 0 aromatic heterocycles. The summed E-state index contributed by atoms with van der Waals surface area (Å²) >= 11 is 1.48. The molecule has 33 heavy (non-hydrogen) atoms. The summed E-state index contributed by atoms with van der Waals surface area (Å²) in [6.45, 7) is 5.91. The molecule has 2 amide bonds. The Kier molecular flexibility index (Phi) is 6.80. The first-order valence-corrected chi connectivity index (χ1v) is 11.7. The van der Waals surface area contributed by atoms with Crippen molar-refractivity contribution >= 4 is 45.7 Å². The largest absolute Gasteiger partial charge is 0.325 e. The van der Waals surface area contributed by atoms with Crippen LogP contribution in [-0.4, -0.2) is 17.1 Å². The summed E-state index contributed by atoms with van der Waals surface area (Å²) in [5, 5.41) is 7.83. The van der Waals surface area contributed by atoms with Crippen LogP contribution in [-0.2, 0) is 4.79 Å². The molecule has 1 atom stereocenters. The first-order valence-electron chi connectivity index (χ1n) is 10.8. The zero-order chi connectivity index (χ0) is 23.4. The van der Waals surface area contributed by atoms with E-state index < -0.39 is 0 Å². The van der Waals surface area contributed by atoms with Gasteiger partial charge in [0.2, 0.25) is 5.91 Å². The maximum atomic E-state index is 12.7. The minimum Gasteiger partial charge on any atom is -0.325 e. The summed E-state index contributed by atoms with van der Waals surface area (Å²) in [5.74, 6) is -0.192. The van der Waals surface area contributed by atoms with E-state index in [-0.39, 0.29) is 17.1 Å². The highest BCUT2D eigenvalue weighted by Gasteiger charge is 2.16. The molecule has 0 saturated heterocycles. The number of thioether (sulfide) groups is 1. The molecule has 0 fully saturated rings. The molecule has 5 heteroatoms. The monoisotopic (exact) mass is 454 g/mol. The van der Waals surface area contributed by atoms with Crippen molar-refractivity contribution in [2.24, 2.45) is 0 Å². The second-order valence-corrected chi connectivity index (χ2v) is 9.52. The molecule has 0 spiro atoms. The third kappa shape index (κ3) is 5.62. The van der Waals surface area contributed by atoms with Gasteiger partial charge < -0.3 is 10.6 Å². The molecule has 4 rings (SSSR count). The van der Waals surface area contributed by atoms with Crippen molar-refractivity contribution in [2.45, 2.75) is 30.9 Å². The molecular formula is C28H26N2O2S. The molecule has 4 aromatic rings. The van der Waals surface area contributed by atoms with Crippen LogP contribution in [0.25, 0.3) is 10.8 Å². The second-order valence-electron chi connectivity index (χ2n) is 8.11. The smallest absolute Gasteiger partial charge is 0.255 e. The van der Waals surface area contributed by atoms with Gasteiger partial charge in [0.25, 0.3) is 5.91 Å². The van der Waals surface area contributed by atoms with Crippen LogP contribution in [0.5, 0.6) is 0 Å². The van der Waals surface area contributed by atoms with Crippen LogP contribution in [0.3, 0.4) is 0 Å². The minimum absolute atomic E-state index is 0.0411. The molecule has 0 bridgehead atoms. The van der Waals surface area contributed by atoms with Gasteiger partial charge in [-0.3, -0.25) is 9.59 Å². The van der Waals surface area contributed by atoms with Gasteiger partial charge in [-0.2, -0.15) is 0 Å². The molecule has 0 aliphatic heterocycles. The quantitative estimate of drug-likeness (QED) is 0.314.